The quantitative estimate of drug-likeness (QED) is 0.816. The summed E-state index contributed by atoms with van der Waals surface area (Å²) in [5.74, 6) is 0. The third kappa shape index (κ3) is 3.00. The predicted molar refractivity (Wildman–Crippen MR) is 76.5 cm³/mol. The molecule has 0 fully saturated rings. The summed E-state index contributed by atoms with van der Waals surface area (Å²) < 4.78 is 5.31. The van der Waals surface area contributed by atoms with Crippen LogP contribution in [0.15, 0.2) is 12.1 Å². The summed E-state index contributed by atoms with van der Waals surface area (Å²) in [6.45, 7) is 10.4. The minimum Gasteiger partial charge on any atom is -0.444 e. The van der Waals surface area contributed by atoms with Crippen LogP contribution in [0, 0.1) is 13.8 Å². The highest BCUT2D eigenvalue weighted by Crippen LogP contribution is 2.35. The van der Waals surface area contributed by atoms with Crippen LogP contribution in [0.4, 0.5) is 10.5 Å². The Balaban J connectivity index is 2.15. The van der Waals surface area contributed by atoms with E-state index in [1.165, 1.54) is 16.7 Å². The van der Waals surface area contributed by atoms with Gasteiger partial charge in [0, 0.05) is 17.8 Å². The Morgan fingerprint density at radius 3 is 2.58 bits per heavy atom. The molecule has 2 rings (SSSR count). The van der Waals surface area contributed by atoms with Crippen LogP contribution >= 0.6 is 0 Å². The molecule has 19 heavy (non-hydrogen) atoms. The Kier molecular flexibility index (Phi) is 3.43. The van der Waals surface area contributed by atoms with Crippen molar-refractivity contribution in [2.75, 3.05) is 11.9 Å². The Hall–Kier alpha value is -1.71. The number of hydrogen-bond donors (Lipinski definition) is 2. The van der Waals surface area contributed by atoms with Crippen molar-refractivity contribution >= 4 is 11.8 Å². The number of aryl methyl sites for hydroxylation is 2. The Morgan fingerprint density at radius 2 is 1.95 bits per heavy atom. The van der Waals surface area contributed by atoms with Crippen molar-refractivity contribution in [2.45, 2.75) is 46.3 Å². The van der Waals surface area contributed by atoms with Crippen molar-refractivity contribution in [3.8, 4) is 0 Å². The molecule has 0 saturated carbocycles. The van der Waals surface area contributed by atoms with E-state index in [1.54, 1.807) is 0 Å². The fourth-order valence-corrected chi connectivity index (χ4v) is 2.40. The second-order valence-corrected chi connectivity index (χ2v) is 6.07. The van der Waals surface area contributed by atoms with Gasteiger partial charge in [0.15, 0.2) is 0 Å². The van der Waals surface area contributed by atoms with Gasteiger partial charge in [0.25, 0.3) is 0 Å². The van der Waals surface area contributed by atoms with Crippen LogP contribution in [0.3, 0.4) is 0 Å². The molecule has 2 N–H and O–H groups in total. The van der Waals surface area contributed by atoms with Gasteiger partial charge >= 0.3 is 6.09 Å². The third-order valence-electron chi connectivity index (χ3n) is 3.19. The molecule has 0 aliphatic carbocycles. The van der Waals surface area contributed by atoms with Gasteiger partial charge in [-0.05, 0) is 45.7 Å². The van der Waals surface area contributed by atoms with Crippen LogP contribution in [-0.2, 0) is 4.74 Å². The van der Waals surface area contributed by atoms with Gasteiger partial charge in [0.1, 0.15) is 5.60 Å². The summed E-state index contributed by atoms with van der Waals surface area (Å²) in [5, 5.41) is 6.29. The average Bonchev–Trinajstić information content (AvgIpc) is 2.66. The zero-order valence-electron chi connectivity index (χ0n) is 12.3. The van der Waals surface area contributed by atoms with Gasteiger partial charge in [0.05, 0.1) is 6.04 Å². The fourth-order valence-electron chi connectivity index (χ4n) is 2.40. The number of alkyl carbamates (subject to hydrolysis) is 1. The second-order valence-electron chi connectivity index (χ2n) is 6.07. The molecule has 104 valence electrons. The van der Waals surface area contributed by atoms with E-state index in [0.29, 0.717) is 6.54 Å². The minimum atomic E-state index is -0.472. The SMILES string of the molecule is Cc1ccc(C)c2c1NCC2NC(=O)OC(C)(C)C. The molecule has 1 atom stereocenters. The highest BCUT2D eigenvalue weighted by Gasteiger charge is 2.28. The number of rotatable bonds is 1. The third-order valence-corrected chi connectivity index (χ3v) is 3.19. The average molecular weight is 262 g/mol. The number of nitrogens with one attached hydrogen (secondary N) is 2. The molecule has 1 aliphatic heterocycles. The first-order chi connectivity index (χ1) is 8.78. The molecule has 1 aliphatic rings. The molecular weight excluding hydrogens is 240 g/mol. The van der Waals surface area contributed by atoms with Crippen molar-refractivity contribution in [1.82, 2.24) is 5.32 Å². The maximum Gasteiger partial charge on any atom is 0.408 e. The van der Waals surface area contributed by atoms with Crippen molar-refractivity contribution < 1.29 is 9.53 Å². The van der Waals surface area contributed by atoms with Crippen LogP contribution in [0.5, 0.6) is 0 Å². The van der Waals surface area contributed by atoms with E-state index in [2.05, 4.69) is 36.6 Å². The first-order valence-electron chi connectivity index (χ1n) is 6.61. The summed E-state index contributed by atoms with van der Waals surface area (Å²) >= 11 is 0. The molecule has 0 bridgehead atoms. The number of hydrogen-bond acceptors (Lipinski definition) is 3. The molecule has 1 amide bonds. The van der Waals surface area contributed by atoms with Gasteiger partial charge in [-0.2, -0.15) is 0 Å². The summed E-state index contributed by atoms with van der Waals surface area (Å²) in [6, 6.07) is 4.16. The smallest absolute Gasteiger partial charge is 0.408 e. The monoisotopic (exact) mass is 262 g/mol. The lowest BCUT2D eigenvalue weighted by Gasteiger charge is -2.22. The second kappa shape index (κ2) is 4.76. The molecule has 0 radical (unpaired) electrons. The largest absolute Gasteiger partial charge is 0.444 e. The summed E-state index contributed by atoms with van der Waals surface area (Å²) in [7, 11) is 0. The molecule has 1 heterocycles. The summed E-state index contributed by atoms with van der Waals surface area (Å²) in [6.07, 6.45) is -0.368. The van der Waals surface area contributed by atoms with Crippen molar-refractivity contribution in [3.05, 3.63) is 28.8 Å². The molecule has 1 aromatic carbocycles. The van der Waals surface area contributed by atoms with Crippen LogP contribution in [0.1, 0.15) is 43.5 Å². The number of benzene rings is 1. The van der Waals surface area contributed by atoms with Gasteiger partial charge in [-0.3, -0.25) is 0 Å². The maximum absolute atomic E-state index is 11.9. The van der Waals surface area contributed by atoms with Crippen LogP contribution in [-0.4, -0.2) is 18.2 Å². The molecule has 4 heteroatoms. The number of carbonyl (C=O) groups is 1. The van der Waals surface area contributed by atoms with Gasteiger partial charge in [-0.25, -0.2) is 4.79 Å². The Morgan fingerprint density at radius 1 is 1.32 bits per heavy atom. The van der Waals surface area contributed by atoms with Gasteiger partial charge < -0.3 is 15.4 Å². The lowest BCUT2D eigenvalue weighted by atomic mass is 10.00. The topological polar surface area (TPSA) is 50.4 Å². The van der Waals surface area contributed by atoms with Crippen LogP contribution < -0.4 is 10.6 Å². The number of fused-ring (bicyclic) bond motifs is 1. The van der Waals surface area contributed by atoms with E-state index in [-0.39, 0.29) is 12.1 Å². The molecule has 1 unspecified atom stereocenters. The van der Waals surface area contributed by atoms with E-state index in [4.69, 9.17) is 4.74 Å². The van der Waals surface area contributed by atoms with Gasteiger partial charge in [0.2, 0.25) is 0 Å². The highest BCUT2D eigenvalue weighted by atomic mass is 16.6. The van der Waals surface area contributed by atoms with Crippen molar-refractivity contribution in [3.63, 3.8) is 0 Å². The normalized spacial score (nSPS) is 17.6. The Bertz CT molecular complexity index is 504. The molecule has 1 aromatic rings. The predicted octanol–water partition coefficient (Wildman–Crippen LogP) is 3.29. The highest BCUT2D eigenvalue weighted by molar-refractivity contribution is 5.72. The molecule has 4 nitrogen and oxygen atoms in total. The lowest BCUT2D eigenvalue weighted by Crippen LogP contribution is -2.35. The maximum atomic E-state index is 11.9. The zero-order chi connectivity index (χ0) is 14.2. The first kappa shape index (κ1) is 13.7. The van der Waals surface area contributed by atoms with Gasteiger partial charge in [-0.15, -0.1) is 0 Å². The number of anilines is 1. The number of carbonyl (C=O) groups excluding carboxylic acids is 1. The van der Waals surface area contributed by atoms with Crippen LogP contribution in [0.25, 0.3) is 0 Å². The Labute approximate surface area is 114 Å². The van der Waals surface area contributed by atoms with Crippen LogP contribution in [0.2, 0.25) is 0 Å². The molecule has 0 spiro atoms. The summed E-state index contributed by atoms with van der Waals surface area (Å²) in [5.41, 5.74) is 4.23. The van der Waals surface area contributed by atoms with Crippen molar-refractivity contribution in [1.29, 1.82) is 0 Å². The van der Waals surface area contributed by atoms with E-state index in [1.807, 2.05) is 20.8 Å². The number of ether oxygens (including phenoxy) is 1. The number of amides is 1. The van der Waals surface area contributed by atoms with E-state index < -0.39 is 5.60 Å². The molecular formula is C15H22N2O2. The fraction of sp³-hybridized carbons (Fsp3) is 0.533. The van der Waals surface area contributed by atoms with Crippen molar-refractivity contribution in [2.24, 2.45) is 0 Å². The first-order valence-corrected chi connectivity index (χ1v) is 6.61. The summed E-state index contributed by atoms with van der Waals surface area (Å²) in [4.78, 5) is 11.9. The van der Waals surface area contributed by atoms with E-state index in [0.717, 1.165) is 5.69 Å². The standard InChI is InChI=1S/C15H22N2O2/c1-9-6-7-10(2)13-12(9)11(8-16-13)17-14(18)19-15(3,4)5/h6-7,11,16H,8H2,1-5H3,(H,17,18). The van der Waals surface area contributed by atoms with E-state index >= 15 is 0 Å². The molecule has 0 aromatic heterocycles. The molecule has 0 saturated heterocycles. The zero-order valence-corrected chi connectivity index (χ0v) is 12.3. The minimum absolute atomic E-state index is 0.0234. The van der Waals surface area contributed by atoms with E-state index in [9.17, 15) is 4.79 Å². The lowest BCUT2D eigenvalue weighted by molar-refractivity contribution is 0.0508. The van der Waals surface area contributed by atoms with Gasteiger partial charge in [-0.1, -0.05) is 12.1 Å².